The smallest absolute Gasteiger partial charge is 0.0870 e. The van der Waals surface area contributed by atoms with Crippen molar-refractivity contribution >= 4 is 11.9 Å². The molecule has 0 fully saturated rings. The summed E-state index contributed by atoms with van der Waals surface area (Å²) < 4.78 is 0. The SMILES string of the molecule is CCCCCCCC(C)[NH+](C)C.CCCCCCCC(C)[NH+](C)C.O=C([O-])C(=O)[O-]. The molecule has 0 spiro atoms. The minimum absolute atomic E-state index is 0.839. The van der Waals surface area contributed by atoms with E-state index in [0.29, 0.717) is 0 Å². The van der Waals surface area contributed by atoms with Crippen LogP contribution in [0.4, 0.5) is 0 Å². The summed E-state index contributed by atoms with van der Waals surface area (Å²) >= 11 is 0. The Morgan fingerprint density at radius 3 is 1.07 bits per heavy atom. The van der Waals surface area contributed by atoms with Gasteiger partial charge in [0.15, 0.2) is 0 Å². The zero-order valence-corrected chi connectivity index (χ0v) is 21.3. The van der Waals surface area contributed by atoms with E-state index >= 15 is 0 Å². The van der Waals surface area contributed by atoms with Gasteiger partial charge >= 0.3 is 0 Å². The van der Waals surface area contributed by atoms with Gasteiger partial charge in [0.2, 0.25) is 0 Å². The quantitative estimate of drug-likeness (QED) is 0.304. The highest BCUT2D eigenvalue weighted by molar-refractivity contribution is 6.25. The predicted molar refractivity (Wildman–Crippen MR) is 121 cm³/mol. The van der Waals surface area contributed by atoms with Gasteiger partial charge in [0, 0.05) is 0 Å². The zero-order chi connectivity index (χ0) is 23.9. The van der Waals surface area contributed by atoms with Crippen LogP contribution in [-0.2, 0) is 9.59 Å². The molecule has 0 heterocycles. The van der Waals surface area contributed by atoms with Gasteiger partial charge in [-0.3, -0.25) is 0 Å². The first-order valence-corrected chi connectivity index (χ1v) is 12.0. The number of nitrogens with one attached hydrogen (secondary N) is 2. The first-order valence-electron chi connectivity index (χ1n) is 12.0. The van der Waals surface area contributed by atoms with E-state index in [2.05, 4.69) is 55.9 Å². The standard InChI is InChI=1S/2C11H25N.C2H2O4/c2*1-5-6-7-8-9-10-11(2)12(3)4;3-1(4)2(5)6/h2*11H,5-10H2,1-4H3;(H,3,4)(H,5,6). The molecule has 0 saturated heterocycles. The lowest BCUT2D eigenvalue weighted by Crippen LogP contribution is -3.09. The summed E-state index contributed by atoms with van der Waals surface area (Å²) in [6, 6.07) is 1.68. The largest absolute Gasteiger partial charge is 0.543 e. The fraction of sp³-hybridized carbons (Fsp3) is 0.917. The maximum atomic E-state index is 8.93. The Balaban J connectivity index is -0.000000386. The van der Waals surface area contributed by atoms with E-state index in [-0.39, 0.29) is 0 Å². The monoisotopic (exact) mass is 432 g/mol. The number of carboxylic acids is 2. The molecule has 0 bridgehead atoms. The molecule has 0 saturated carbocycles. The van der Waals surface area contributed by atoms with Gasteiger partial charge in [0.25, 0.3) is 0 Å². The van der Waals surface area contributed by atoms with Crippen LogP contribution < -0.4 is 20.0 Å². The highest BCUT2D eigenvalue weighted by Gasteiger charge is 2.06. The molecule has 6 nitrogen and oxygen atoms in total. The summed E-state index contributed by atoms with van der Waals surface area (Å²) in [4.78, 5) is 21.0. The summed E-state index contributed by atoms with van der Waals surface area (Å²) in [6.07, 6.45) is 16.9. The average molecular weight is 433 g/mol. The minimum Gasteiger partial charge on any atom is -0.543 e. The fourth-order valence-corrected chi connectivity index (χ4v) is 2.69. The molecular formula is C24H52N2O4. The Kier molecular flexibility index (Phi) is 26.9. The van der Waals surface area contributed by atoms with Crippen LogP contribution in [0.2, 0.25) is 0 Å². The first kappa shape index (κ1) is 33.5. The second-order valence-electron chi connectivity index (χ2n) is 8.94. The summed E-state index contributed by atoms with van der Waals surface area (Å²) in [5, 5.41) is 17.9. The summed E-state index contributed by atoms with van der Waals surface area (Å²) in [5.74, 6) is -4.37. The van der Waals surface area contributed by atoms with Crippen molar-refractivity contribution in [3.8, 4) is 0 Å². The third-order valence-electron chi connectivity index (χ3n) is 5.62. The van der Waals surface area contributed by atoms with Crippen LogP contribution in [-0.4, -0.2) is 52.2 Å². The topological polar surface area (TPSA) is 89.1 Å². The second kappa shape index (κ2) is 24.1. The highest BCUT2D eigenvalue weighted by Crippen LogP contribution is 2.06. The van der Waals surface area contributed by atoms with Gasteiger partial charge in [-0.15, -0.1) is 0 Å². The molecule has 6 heteroatoms. The van der Waals surface area contributed by atoms with E-state index in [1.165, 1.54) is 77.0 Å². The van der Waals surface area contributed by atoms with Gasteiger partial charge < -0.3 is 29.6 Å². The van der Waals surface area contributed by atoms with Gasteiger partial charge in [0.1, 0.15) is 0 Å². The molecule has 0 aliphatic carbocycles. The molecule has 0 radical (unpaired) electrons. The van der Waals surface area contributed by atoms with E-state index < -0.39 is 11.9 Å². The molecule has 2 atom stereocenters. The highest BCUT2D eigenvalue weighted by atomic mass is 16.4. The normalized spacial score (nSPS) is 12.5. The van der Waals surface area contributed by atoms with Crippen LogP contribution in [0.25, 0.3) is 0 Å². The number of carboxylic acid groups (broad SMARTS) is 2. The molecule has 2 N–H and O–H groups in total. The van der Waals surface area contributed by atoms with Crippen molar-refractivity contribution < 1.29 is 29.6 Å². The number of unbranched alkanes of at least 4 members (excludes halogenated alkanes) is 8. The second-order valence-corrected chi connectivity index (χ2v) is 8.94. The van der Waals surface area contributed by atoms with E-state index in [1.54, 1.807) is 9.80 Å². The number of hydrogen-bond donors (Lipinski definition) is 2. The molecule has 0 amide bonds. The van der Waals surface area contributed by atoms with Gasteiger partial charge in [-0.25, -0.2) is 0 Å². The van der Waals surface area contributed by atoms with E-state index in [4.69, 9.17) is 19.8 Å². The van der Waals surface area contributed by atoms with Gasteiger partial charge in [0.05, 0.1) is 52.2 Å². The van der Waals surface area contributed by atoms with Crippen molar-refractivity contribution in [1.29, 1.82) is 0 Å². The third kappa shape index (κ3) is 29.1. The molecule has 2 unspecified atom stereocenters. The van der Waals surface area contributed by atoms with Gasteiger partial charge in [-0.1, -0.05) is 65.2 Å². The molecule has 0 aliphatic rings. The van der Waals surface area contributed by atoms with Crippen molar-refractivity contribution in [2.24, 2.45) is 0 Å². The molecule has 182 valence electrons. The Bertz CT molecular complexity index is 351. The minimum atomic E-state index is -2.19. The first-order chi connectivity index (χ1) is 14.0. The lowest BCUT2D eigenvalue weighted by molar-refractivity contribution is -0.884. The summed E-state index contributed by atoms with van der Waals surface area (Å²) in [5.41, 5.74) is 0. The van der Waals surface area contributed by atoms with Crippen LogP contribution in [0.3, 0.4) is 0 Å². The van der Waals surface area contributed by atoms with Crippen molar-refractivity contribution in [3.63, 3.8) is 0 Å². The fourth-order valence-electron chi connectivity index (χ4n) is 2.69. The van der Waals surface area contributed by atoms with Crippen molar-refractivity contribution in [1.82, 2.24) is 0 Å². The summed E-state index contributed by atoms with van der Waals surface area (Å²) in [7, 11) is 8.99. The molecule has 0 aromatic heterocycles. The lowest BCUT2D eigenvalue weighted by Gasteiger charge is -2.16. The number of aliphatic carboxylic acids is 2. The Labute approximate surface area is 187 Å². The van der Waals surface area contributed by atoms with Crippen molar-refractivity contribution in [2.75, 3.05) is 28.2 Å². The maximum absolute atomic E-state index is 8.93. The van der Waals surface area contributed by atoms with Crippen molar-refractivity contribution in [2.45, 2.75) is 117 Å². The number of carbonyl (C=O) groups excluding carboxylic acids is 2. The van der Waals surface area contributed by atoms with Crippen LogP contribution >= 0.6 is 0 Å². The lowest BCUT2D eigenvalue weighted by atomic mass is 10.1. The van der Waals surface area contributed by atoms with Gasteiger partial charge in [-0.2, -0.15) is 0 Å². The number of carbonyl (C=O) groups is 2. The Morgan fingerprint density at radius 2 is 0.867 bits per heavy atom. The van der Waals surface area contributed by atoms with Crippen LogP contribution in [0.1, 0.15) is 105 Å². The molecule has 0 aromatic rings. The Morgan fingerprint density at radius 1 is 0.600 bits per heavy atom. The predicted octanol–water partition coefficient (Wildman–Crippen LogP) is 0.246. The van der Waals surface area contributed by atoms with Crippen LogP contribution in [0.5, 0.6) is 0 Å². The van der Waals surface area contributed by atoms with Crippen LogP contribution in [0.15, 0.2) is 0 Å². The molecule has 30 heavy (non-hydrogen) atoms. The summed E-state index contributed by atoms with van der Waals surface area (Å²) in [6.45, 7) is 9.23. The van der Waals surface area contributed by atoms with E-state index in [9.17, 15) is 0 Å². The van der Waals surface area contributed by atoms with E-state index in [1.807, 2.05) is 0 Å². The number of quaternary nitrogens is 2. The molecule has 0 rings (SSSR count). The van der Waals surface area contributed by atoms with Crippen LogP contribution in [0, 0.1) is 0 Å². The third-order valence-corrected chi connectivity index (χ3v) is 5.62. The number of hydrogen-bond acceptors (Lipinski definition) is 4. The van der Waals surface area contributed by atoms with Gasteiger partial charge in [-0.05, 0) is 39.5 Å². The zero-order valence-electron chi connectivity index (χ0n) is 21.3. The average Bonchev–Trinajstić information content (AvgIpc) is 2.68. The number of rotatable bonds is 14. The molecule has 0 aromatic carbocycles. The Hall–Kier alpha value is -1.14. The maximum Gasteiger partial charge on any atom is 0.0870 e. The van der Waals surface area contributed by atoms with E-state index in [0.717, 1.165) is 12.1 Å². The van der Waals surface area contributed by atoms with Crippen molar-refractivity contribution in [3.05, 3.63) is 0 Å². The molecule has 0 aliphatic heterocycles. The molecular weight excluding hydrogens is 380 g/mol.